The summed E-state index contributed by atoms with van der Waals surface area (Å²) in [6, 6.07) is 7.36. The molecule has 4 nitrogen and oxygen atoms in total. The summed E-state index contributed by atoms with van der Waals surface area (Å²) >= 11 is 0. The molecule has 0 aromatic heterocycles. The van der Waals surface area contributed by atoms with E-state index in [1.807, 2.05) is 24.3 Å². The lowest BCUT2D eigenvalue weighted by Crippen LogP contribution is -2.39. The first kappa shape index (κ1) is 14.7. The smallest absolute Gasteiger partial charge is 0.328 e. The molecule has 1 aromatic rings. The van der Waals surface area contributed by atoms with Gasteiger partial charge in [-0.15, -0.1) is 0 Å². The number of hydrogen-bond acceptors (Lipinski definition) is 4. The zero-order chi connectivity index (χ0) is 14.4. The van der Waals surface area contributed by atoms with Crippen LogP contribution in [-0.4, -0.2) is 26.2 Å². The quantitative estimate of drug-likeness (QED) is 0.839. The molecule has 0 aliphatic heterocycles. The van der Waals surface area contributed by atoms with Crippen LogP contribution in [0.1, 0.15) is 32.1 Å². The van der Waals surface area contributed by atoms with Crippen LogP contribution in [0.25, 0.3) is 0 Å². The third-order valence-electron chi connectivity index (χ3n) is 3.99. The van der Waals surface area contributed by atoms with E-state index in [1.165, 1.54) is 26.4 Å². The highest BCUT2D eigenvalue weighted by molar-refractivity contribution is 5.80. The molecule has 0 radical (unpaired) electrons. The van der Waals surface area contributed by atoms with E-state index in [9.17, 15) is 4.79 Å². The maximum atomic E-state index is 12.1. The number of carbonyl (C=O) groups excluding carboxylic acids is 1. The van der Waals surface area contributed by atoms with Crippen LogP contribution >= 0.6 is 0 Å². The molecule has 0 heterocycles. The highest BCUT2D eigenvalue weighted by Crippen LogP contribution is 2.31. The minimum Gasteiger partial charge on any atom is -0.495 e. The van der Waals surface area contributed by atoms with Crippen molar-refractivity contribution < 1.29 is 14.3 Å². The largest absolute Gasteiger partial charge is 0.495 e. The average Bonchev–Trinajstić information content (AvgIpc) is 2.53. The molecule has 1 fully saturated rings. The van der Waals surface area contributed by atoms with Gasteiger partial charge in [0.1, 0.15) is 11.8 Å². The highest BCUT2D eigenvalue weighted by Gasteiger charge is 2.30. The molecular formula is C16H23NO3. The van der Waals surface area contributed by atoms with Gasteiger partial charge >= 0.3 is 5.97 Å². The standard InChI is InChI=1S/C16H23NO3/c1-19-14-11-7-6-10-13(14)17-15(16(18)20-2)12-8-4-3-5-9-12/h6-7,10-12,15,17H,3-5,8-9H2,1-2H3. The minimum absolute atomic E-state index is 0.192. The summed E-state index contributed by atoms with van der Waals surface area (Å²) in [5.74, 6) is 0.890. The van der Waals surface area contributed by atoms with Gasteiger partial charge in [0.2, 0.25) is 0 Å². The Morgan fingerprint density at radius 2 is 1.90 bits per heavy atom. The second kappa shape index (κ2) is 7.17. The highest BCUT2D eigenvalue weighted by atomic mass is 16.5. The molecular weight excluding hydrogens is 254 g/mol. The van der Waals surface area contributed by atoms with Gasteiger partial charge in [0.05, 0.1) is 19.9 Å². The van der Waals surface area contributed by atoms with Gasteiger partial charge in [0.15, 0.2) is 0 Å². The lowest BCUT2D eigenvalue weighted by molar-refractivity contribution is -0.143. The molecule has 2 rings (SSSR count). The van der Waals surface area contributed by atoms with Gasteiger partial charge in [-0.05, 0) is 30.9 Å². The van der Waals surface area contributed by atoms with Gasteiger partial charge in [-0.2, -0.15) is 0 Å². The second-order valence-electron chi connectivity index (χ2n) is 5.24. The molecule has 1 saturated carbocycles. The van der Waals surface area contributed by atoms with Gasteiger partial charge in [-0.1, -0.05) is 31.4 Å². The maximum Gasteiger partial charge on any atom is 0.328 e. The maximum absolute atomic E-state index is 12.1. The molecule has 1 atom stereocenters. The molecule has 0 amide bonds. The zero-order valence-corrected chi connectivity index (χ0v) is 12.2. The molecule has 0 saturated heterocycles. The molecule has 1 unspecified atom stereocenters. The fraction of sp³-hybridized carbons (Fsp3) is 0.562. The normalized spacial score (nSPS) is 17.3. The van der Waals surface area contributed by atoms with Gasteiger partial charge in [-0.25, -0.2) is 4.79 Å². The fourth-order valence-corrected chi connectivity index (χ4v) is 2.90. The van der Waals surface area contributed by atoms with Gasteiger partial charge in [-0.3, -0.25) is 0 Å². The molecule has 110 valence electrons. The Balaban J connectivity index is 2.16. The van der Waals surface area contributed by atoms with E-state index in [0.717, 1.165) is 24.3 Å². The molecule has 20 heavy (non-hydrogen) atoms. The summed E-state index contributed by atoms with van der Waals surface area (Å²) in [6.07, 6.45) is 5.78. The third-order valence-corrected chi connectivity index (χ3v) is 3.99. The minimum atomic E-state index is -0.295. The number of anilines is 1. The van der Waals surface area contributed by atoms with Crippen molar-refractivity contribution in [2.75, 3.05) is 19.5 Å². The number of para-hydroxylation sites is 2. The number of methoxy groups -OCH3 is 2. The monoisotopic (exact) mass is 277 g/mol. The summed E-state index contributed by atoms with van der Waals surface area (Å²) in [7, 11) is 3.08. The fourth-order valence-electron chi connectivity index (χ4n) is 2.90. The van der Waals surface area contributed by atoms with Gasteiger partial charge in [0.25, 0.3) is 0 Å². The number of rotatable bonds is 5. The Hall–Kier alpha value is -1.71. The first-order chi connectivity index (χ1) is 9.76. The number of nitrogens with one attached hydrogen (secondary N) is 1. The molecule has 0 bridgehead atoms. The van der Waals surface area contributed by atoms with Crippen molar-refractivity contribution in [3.8, 4) is 5.75 Å². The van der Waals surface area contributed by atoms with E-state index in [-0.39, 0.29) is 12.0 Å². The molecule has 1 aliphatic rings. The summed E-state index contributed by atoms with van der Waals surface area (Å²) in [5, 5.41) is 3.32. The first-order valence-corrected chi connectivity index (χ1v) is 7.23. The lowest BCUT2D eigenvalue weighted by atomic mass is 9.83. The van der Waals surface area contributed by atoms with Crippen LogP contribution in [0.3, 0.4) is 0 Å². The SMILES string of the molecule is COC(=O)C(Nc1ccccc1OC)C1CCCCC1. The summed E-state index contributed by atoms with van der Waals surface area (Å²) in [4.78, 5) is 12.1. The summed E-state index contributed by atoms with van der Waals surface area (Å²) in [6.45, 7) is 0. The van der Waals surface area contributed by atoms with E-state index in [4.69, 9.17) is 9.47 Å². The zero-order valence-electron chi connectivity index (χ0n) is 12.2. The van der Waals surface area contributed by atoms with Crippen LogP contribution in [-0.2, 0) is 9.53 Å². The van der Waals surface area contributed by atoms with Crippen molar-refractivity contribution in [1.29, 1.82) is 0 Å². The Labute approximate surface area is 120 Å². The summed E-state index contributed by atoms with van der Waals surface area (Å²) < 4.78 is 10.3. The molecule has 0 spiro atoms. The number of esters is 1. The molecule has 1 aliphatic carbocycles. The van der Waals surface area contributed by atoms with Crippen molar-refractivity contribution in [1.82, 2.24) is 0 Å². The van der Waals surface area contributed by atoms with Crippen molar-refractivity contribution in [3.05, 3.63) is 24.3 Å². The number of carbonyl (C=O) groups is 1. The van der Waals surface area contributed by atoms with Crippen LogP contribution < -0.4 is 10.1 Å². The number of hydrogen-bond donors (Lipinski definition) is 1. The molecule has 4 heteroatoms. The first-order valence-electron chi connectivity index (χ1n) is 7.23. The topological polar surface area (TPSA) is 47.6 Å². The second-order valence-corrected chi connectivity index (χ2v) is 5.24. The van der Waals surface area contributed by atoms with E-state index in [0.29, 0.717) is 5.92 Å². The third kappa shape index (κ3) is 3.44. The predicted octanol–water partition coefficient (Wildman–Crippen LogP) is 3.23. The lowest BCUT2D eigenvalue weighted by Gasteiger charge is -2.30. The van der Waals surface area contributed by atoms with Crippen molar-refractivity contribution >= 4 is 11.7 Å². The van der Waals surface area contributed by atoms with Crippen LogP contribution in [0.4, 0.5) is 5.69 Å². The Morgan fingerprint density at radius 3 is 2.55 bits per heavy atom. The average molecular weight is 277 g/mol. The van der Waals surface area contributed by atoms with Crippen molar-refractivity contribution in [3.63, 3.8) is 0 Å². The van der Waals surface area contributed by atoms with Crippen LogP contribution in [0, 0.1) is 5.92 Å². The Morgan fingerprint density at radius 1 is 1.20 bits per heavy atom. The van der Waals surface area contributed by atoms with Crippen LogP contribution in [0.5, 0.6) is 5.75 Å². The van der Waals surface area contributed by atoms with E-state index >= 15 is 0 Å². The summed E-state index contributed by atoms with van der Waals surface area (Å²) in [5.41, 5.74) is 0.843. The van der Waals surface area contributed by atoms with Crippen LogP contribution in [0.2, 0.25) is 0 Å². The van der Waals surface area contributed by atoms with E-state index < -0.39 is 0 Å². The number of ether oxygens (including phenoxy) is 2. The van der Waals surface area contributed by atoms with Crippen molar-refractivity contribution in [2.24, 2.45) is 5.92 Å². The molecule has 1 N–H and O–H groups in total. The Bertz CT molecular complexity index is 441. The molecule has 1 aromatic carbocycles. The number of benzene rings is 1. The van der Waals surface area contributed by atoms with Crippen molar-refractivity contribution in [2.45, 2.75) is 38.1 Å². The van der Waals surface area contributed by atoms with Gasteiger partial charge in [0, 0.05) is 0 Å². The van der Waals surface area contributed by atoms with Crippen LogP contribution in [0.15, 0.2) is 24.3 Å². The van der Waals surface area contributed by atoms with E-state index in [2.05, 4.69) is 5.32 Å². The van der Waals surface area contributed by atoms with E-state index in [1.54, 1.807) is 7.11 Å². The predicted molar refractivity (Wildman–Crippen MR) is 79.0 cm³/mol. The Kier molecular flexibility index (Phi) is 5.27. The van der Waals surface area contributed by atoms with Gasteiger partial charge < -0.3 is 14.8 Å².